The van der Waals surface area contributed by atoms with Gasteiger partial charge >= 0.3 is 0 Å². The van der Waals surface area contributed by atoms with Gasteiger partial charge in [0.25, 0.3) is 0 Å². The molecule has 2 aliphatic rings. The quantitative estimate of drug-likeness (QED) is 0.912. The van der Waals surface area contributed by atoms with Gasteiger partial charge in [-0.3, -0.25) is 0 Å². The summed E-state index contributed by atoms with van der Waals surface area (Å²) in [4.78, 5) is 0. The first-order valence-corrected chi connectivity index (χ1v) is 7.70. The summed E-state index contributed by atoms with van der Waals surface area (Å²) in [5, 5.41) is 11.2. The Morgan fingerprint density at radius 1 is 1.45 bits per heavy atom. The third-order valence-electron chi connectivity index (χ3n) is 5.30. The van der Waals surface area contributed by atoms with Crippen molar-refractivity contribution < 1.29 is 14.2 Å². The van der Waals surface area contributed by atoms with E-state index in [1.54, 1.807) is 6.07 Å². The predicted molar refractivity (Wildman–Crippen MR) is 75.8 cm³/mol. The molecule has 20 heavy (non-hydrogen) atoms. The monoisotopic (exact) mass is 278 g/mol. The highest BCUT2D eigenvalue weighted by atomic mass is 19.1. The standard InChI is InChI=1S/C17H23FO2/c1-2-17(19,13-5-3-6-15(18)11-13)14-7-10-20-16(12-14)8-4-9-16/h3,5-6,11,14,19H,2,4,7-10,12H2,1H3. The fourth-order valence-corrected chi connectivity index (χ4v) is 3.84. The molecule has 1 heterocycles. The SMILES string of the molecule is CCC(O)(c1cccc(F)c1)C1CCOC2(CCC2)C1. The Bertz CT molecular complexity index is 484. The van der Waals surface area contributed by atoms with Crippen molar-refractivity contribution in [3.63, 3.8) is 0 Å². The fourth-order valence-electron chi connectivity index (χ4n) is 3.84. The molecule has 3 heteroatoms. The Morgan fingerprint density at radius 3 is 2.85 bits per heavy atom. The molecular formula is C17H23FO2. The van der Waals surface area contributed by atoms with Crippen LogP contribution in [0.1, 0.15) is 51.0 Å². The van der Waals surface area contributed by atoms with E-state index in [1.807, 2.05) is 13.0 Å². The van der Waals surface area contributed by atoms with Crippen molar-refractivity contribution in [3.8, 4) is 0 Å². The van der Waals surface area contributed by atoms with Gasteiger partial charge in [-0.15, -0.1) is 0 Å². The van der Waals surface area contributed by atoms with E-state index in [0.29, 0.717) is 18.6 Å². The zero-order valence-corrected chi connectivity index (χ0v) is 12.1. The Labute approximate surface area is 120 Å². The number of benzene rings is 1. The van der Waals surface area contributed by atoms with Crippen LogP contribution in [0.4, 0.5) is 4.39 Å². The topological polar surface area (TPSA) is 29.5 Å². The maximum atomic E-state index is 13.5. The van der Waals surface area contributed by atoms with E-state index in [4.69, 9.17) is 4.74 Å². The molecule has 1 aliphatic carbocycles. The molecule has 0 bridgehead atoms. The van der Waals surface area contributed by atoms with Crippen LogP contribution in [-0.4, -0.2) is 17.3 Å². The van der Waals surface area contributed by atoms with Gasteiger partial charge in [-0.05, 0) is 62.1 Å². The second-order valence-electron chi connectivity index (χ2n) is 6.36. The number of hydrogen-bond donors (Lipinski definition) is 1. The molecule has 2 unspecified atom stereocenters. The average Bonchev–Trinajstić information content (AvgIpc) is 2.45. The first-order valence-electron chi connectivity index (χ1n) is 7.70. The van der Waals surface area contributed by atoms with Crippen LogP contribution in [0.15, 0.2) is 24.3 Å². The molecular weight excluding hydrogens is 255 g/mol. The molecule has 1 aromatic rings. The van der Waals surface area contributed by atoms with E-state index in [-0.39, 0.29) is 17.3 Å². The lowest BCUT2D eigenvalue weighted by molar-refractivity contribution is -0.178. The fraction of sp³-hybridized carbons (Fsp3) is 0.647. The third kappa shape index (κ3) is 2.27. The molecule has 1 aliphatic heterocycles. The molecule has 1 aromatic carbocycles. The van der Waals surface area contributed by atoms with Gasteiger partial charge in [-0.25, -0.2) is 4.39 Å². The summed E-state index contributed by atoms with van der Waals surface area (Å²) in [5.74, 6) is -0.122. The molecule has 1 spiro atoms. The Morgan fingerprint density at radius 2 is 2.25 bits per heavy atom. The third-order valence-corrected chi connectivity index (χ3v) is 5.30. The van der Waals surface area contributed by atoms with Crippen molar-refractivity contribution in [3.05, 3.63) is 35.6 Å². The number of halogens is 1. The molecule has 0 amide bonds. The van der Waals surface area contributed by atoms with Gasteiger partial charge in [0, 0.05) is 6.61 Å². The minimum atomic E-state index is -0.936. The van der Waals surface area contributed by atoms with Crippen molar-refractivity contribution in [2.45, 2.75) is 56.7 Å². The summed E-state index contributed by atoms with van der Waals surface area (Å²) in [6.45, 7) is 2.69. The predicted octanol–water partition coefficient (Wildman–Crippen LogP) is 3.77. The zero-order chi connectivity index (χ0) is 14.2. The van der Waals surface area contributed by atoms with Crippen molar-refractivity contribution in [1.82, 2.24) is 0 Å². The Balaban J connectivity index is 1.87. The highest BCUT2D eigenvalue weighted by Gasteiger charge is 2.48. The number of rotatable bonds is 3. The van der Waals surface area contributed by atoms with Crippen LogP contribution < -0.4 is 0 Å². The summed E-state index contributed by atoms with van der Waals surface area (Å²) >= 11 is 0. The summed E-state index contributed by atoms with van der Waals surface area (Å²) in [6, 6.07) is 6.43. The average molecular weight is 278 g/mol. The van der Waals surface area contributed by atoms with Gasteiger partial charge in [0.2, 0.25) is 0 Å². The van der Waals surface area contributed by atoms with Gasteiger partial charge in [0.1, 0.15) is 5.82 Å². The van der Waals surface area contributed by atoms with Gasteiger partial charge < -0.3 is 9.84 Å². The molecule has 1 saturated carbocycles. The van der Waals surface area contributed by atoms with Gasteiger partial charge in [-0.2, -0.15) is 0 Å². The maximum Gasteiger partial charge on any atom is 0.123 e. The molecule has 3 rings (SSSR count). The molecule has 110 valence electrons. The molecule has 0 radical (unpaired) electrons. The second kappa shape index (κ2) is 5.12. The number of hydrogen-bond acceptors (Lipinski definition) is 2. The Hall–Kier alpha value is -0.930. The molecule has 2 fully saturated rings. The van der Waals surface area contributed by atoms with Crippen LogP contribution in [0, 0.1) is 11.7 Å². The maximum absolute atomic E-state index is 13.5. The van der Waals surface area contributed by atoms with Crippen molar-refractivity contribution in [2.75, 3.05) is 6.61 Å². The van der Waals surface area contributed by atoms with Crippen molar-refractivity contribution in [2.24, 2.45) is 5.92 Å². The van der Waals surface area contributed by atoms with Crippen LogP contribution >= 0.6 is 0 Å². The summed E-state index contributed by atoms with van der Waals surface area (Å²) in [5.41, 5.74) is -0.227. The first-order chi connectivity index (χ1) is 9.58. The number of aliphatic hydroxyl groups is 1. The van der Waals surface area contributed by atoms with Crippen LogP contribution in [-0.2, 0) is 10.3 Å². The van der Waals surface area contributed by atoms with E-state index in [2.05, 4.69) is 0 Å². The summed E-state index contributed by atoms with van der Waals surface area (Å²) in [6.07, 6.45) is 5.78. The zero-order valence-electron chi connectivity index (χ0n) is 12.1. The van der Waals surface area contributed by atoms with Gasteiger partial charge in [-0.1, -0.05) is 19.1 Å². The van der Waals surface area contributed by atoms with E-state index in [9.17, 15) is 9.50 Å². The van der Waals surface area contributed by atoms with Crippen molar-refractivity contribution >= 4 is 0 Å². The van der Waals surface area contributed by atoms with Crippen LogP contribution in [0.2, 0.25) is 0 Å². The van der Waals surface area contributed by atoms with Crippen LogP contribution in [0.25, 0.3) is 0 Å². The molecule has 2 atom stereocenters. The normalized spacial score (nSPS) is 27.9. The minimum absolute atomic E-state index is 0.000604. The largest absolute Gasteiger partial charge is 0.385 e. The lowest BCUT2D eigenvalue weighted by atomic mass is 9.65. The second-order valence-corrected chi connectivity index (χ2v) is 6.36. The van der Waals surface area contributed by atoms with E-state index < -0.39 is 5.60 Å². The molecule has 2 nitrogen and oxygen atoms in total. The first kappa shape index (κ1) is 14.0. The highest BCUT2D eigenvalue weighted by molar-refractivity contribution is 5.25. The van der Waals surface area contributed by atoms with E-state index in [1.165, 1.54) is 18.6 Å². The summed E-state index contributed by atoms with van der Waals surface area (Å²) < 4.78 is 19.4. The smallest absolute Gasteiger partial charge is 0.123 e. The molecule has 1 saturated heterocycles. The minimum Gasteiger partial charge on any atom is -0.385 e. The highest BCUT2D eigenvalue weighted by Crippen LogP contribution is 2.49. The lowest BCUT2D eigenvalue weighted by Gasteiger charge is -2.51. The number of ether oxygens (including phenoxy) is 1. The molecule has 0 aromatic heterocycles. The molecule has 1 N–H and O–H groups in total. The summed E-state index contributed by atoms with van der Waals surface area (Å²) in [7, 11) is 0. The lowest BCUT2D eigenvalue weighted by Crippen LogP contribution is -2.50. The Kier molecular flexibility index (Phi) is 3.59. The van der Waals surface area contributed by atoms with Gasteiger partial charge in [0.05, 0.1) is 11.2 Å². The van der Waals surface area contributed by atoms with E-state index in [0.717, 1.165) is 25.7 Å². The van der Waals surface area contributed by atoms with Crippen molar-refractivity contribution in [1.29, 1.82) is 0 Å². The van der Waals surface area contributed by atoms with Crippen LogP contribution in [0.3, 0.4) is 0 Å². The van der Waals surface area contributed by atoms with E-state index >= 15 is 0 Å². The van der Waals surface area contributed by atoms with Crippen LogP contribution in [0.5, 0.6) is 0 Å². The van der Waals surface area contributed by atoms with Gasteiger partial charge in [0.15, 0.2) is 0 Å².